The molecular weight excluding hydrogens is 522 g/mol. The summed E-state index contributed by atoms with van der Waals surface area (Å²) < 4.78 is 56.8. The summed E-state index contributed by atoms with van der Waals surface area (Å²) in [7, 11) is -3.84. The van der Waals surface area contributed by atoms with Crippen LogP contribution in [0.3, 0.4) is 0 Å². The van der Waals surface area contributed by atoms with Gasteiger partial charge in [-0.05, 0) is 52.2 Å². The molecule has 4 aliphatic rings. The normalized spacial score (nSPS) is 24.8. The quantitative estimate of drug-likeness (QED) is 0.563. The van der Waals surface area contributed by atoms with Gasteiger partial charge < -0.3 is 15.1 Å². The smallest absolute Gasteiger partial charge is 0.291 e. The molecule has 2 N–H and O–H groups in total. The second-order valence-corrected chi connectivity index (χ2v) is 13.3. The molecule has 2 unspecified atom stereocenters. The molecule has 0 spiro atoms. The van der Waals surface area contributed by atoms with Crippen LogP contribution in [0.15, 0.2) is 22.0 Å². The molecule has 0 radical (unpaired) electrons. The van der Waals surface area contributed by atoms with Gasteiger partial charge in [-0.2, -0.15) is 0 Å². The summed E-state index contributed by atoms with van der Waals surface area (Å²) in [6.45, 7) is 8.75. The van der Waals surface area contributed by atoms with Gasteiger partial charge >= 0.3 is 0 Å². The molecule has 1 saturated heterocycles. The number of benzene rings is 1. The summed E-state index contributed by atoms with van der Waals surface area (Å²) in [6.07, 6.45) is -0.348. The third-order valence-electron chi connectivity index (χ3n) is 7.19. The Balaban J connectivity index is 1.55. The van der Waals surface area contributed by atoms with Crippen LogP contribution in [0.25, 0.3) is 0 Å². The second-order valence-electron chi connectivity index (χ2n) is 10.6. The molecule has 3 aliphatic heterocycles. The summed E-state index contributed by atoms with van der Waals surface area (Å²) in [6, 6.07) is 3.77. The van der Waals surface area contributed by atoms with Crippen molar-refractivity contribution in [2.45, 2.75) is 69.0 Å². The van der Waals surface area contributed by atoms with Crippen molar-refractivity contribution < 1.29 is 17.2 Å². The molecule has 200 valence electrons. The van der Waals surface area contributed by atoms with Crippen molar-refractivity contribution in [1.29, 1.82) is 0 Å². The molecule has 0 amide bonds. The minimum atomic E-state index is -3.84. The second kappa shape index (κ2) is 8.82. The Hall–Kier alpha value is -2.42. The number of hydrogen-bond donors (Lipinski definition) is 2. The lowest BCUT2D eigenvalue weighted by molar-refractivity contribution is 0.150. The van der Waals surface area contributed by atoms with Crippen LogP contribution in [0.5, 0.6) is 0 Å². The largest absolute Gasteiger partial charge is 0.367 e. The van der Waals surface area contributed by atoms with Gasteiger partial charge in [-0.1, -0.05) is 11.3 Å². The van der Waals surface area contributed by atoms with Crippen LogP contribution < -0.4 is 24.7 Å². The highest BCUT2D eigenvalue weighted by Gasteiger charge is 2.44. The van der Waals surface area contributed by atoms with E-state index in [1.54, 1.807) is 17.0 Å². The molecule has 2 aromatic rings. The highest BCUT2D eigenvalue weighted by atomic mass is 32.2. The lowest BCUT2D eigenvalue weighted by Crippen LogP contribution is -2.54. The molecule has 2 atom stereocenters. The first-order valence-electron chi connectivity index (χ1n) is 12.5. The Morgan fingerprint density at radius 1 is 1.16 bits per heavy atom. The number of alkyl halides is 2. The van der Waals surface area contributed by atoms with Crippen LogP contribution in [0.4, 0.5) is 31.0 Å². The van der Waals surface area contributed by atoms with Crippen molar-refractivity contribution >= 4 is 49.5 Å². The molecule has 0 bridgehead atoms. The van der Waals surface area contributed by atoms with Crippen molar-refractivity contribution in [3.63, 3.8) is 0 Å². The number of piperazine rings is 1. The number of rotatable bonds is 6. The van der Waals surface area contributed by atoms with Crippen LogP contribution in [0.2, 0.25) is 0 Å². The van der Waals surface area contributed by atoms with Gasteiger partial charge in [0, 0.05) is 43.8 Å². The van der Waals surface area contributed by atoms with E-state index in [9.17, 15) is 17.2 Å². The first-order chi connectivity index (χ1) is 17.5. The third kappa shape index (κ3) is 4.47. The van der Waals surface area contributed by atoms with Gasteiger partial charge in [0.15, 0.2) is 5.01 Å². The minimum absolute atomic E-state index is 0.136. The SMILES string of the molecule is CC1CN(c2cc(S(=O)(=O)NC3(C)CC3)cc3c2N2CCCN=C2N3c2nnc(C(F)F)s2)CC(C)N1. The number of guanidine groups is 1. The van der Waals surface area contributed by atoms with Crippen LogP contribution in [-0.2, 0) is 10.0 Å². The van der Waals surface area contributed by atoms with E-state index in [1.807, 2.05) is 6.92 Å². The molecule has 1 aromatic heterocycles. The van der Waals surface area contributed by atoms with Gasteiger partial charge in [-0.3, -0.25) is 9.89 Å². The Labute approximate surface area is 218 Å². The van der Waals surface area contributed by atoms with Crippen molar-refractivity contribution in [2.75, 3.05) is 40.9 Å². The first kappa shape index (κ1) is 24.9. The molecule has 1 saturated carbocycles. The topological polar surface area (TPSA) is 106 Å². The molecule has 4 heterocycles. The van der Waals surface area contributed by atoms with Crippen molar-refractivity contribution in [1.82, 2.24) is 20.2 Å². The maximum Gasteiger partial charge on any atom is 0.291 e. The number of nitrogens with zero attached hydrogens (tertiary/aromatic N) is 6. The summed E-state index contributed by atoms with van der Waals surface area (Å²) in [5, 5.41) is 11.1. The van der Waals surface area contributed by atoms with E-state index in [1.165, 1.54) is 0 Å². The van der Waals surface area contributed by atoms with Crippen LogP contribution in [-0.4, -0.2) is 68.4 Å². The zero-order valence-electron chi connectivity index (χ0n) is 20.9. The fraction of sp³-hybridized carbons (Fsp3) is 0.609. The van der Waals surface area contributed by atoms with Crippen molar-refractivity contribution in [3.8, 4) is 0 Å². The van der Waals surface area contributed by atoms with Gasteiger partial charge in [0.1, 0.15) is 0 Å². The monoisotopic (exact) mass is 552 g/mol. The fourth-order valence-electron chi connectivity index (χ4n) is 5.32. The number of halogens is 2. The highest BCUT2D eigenvalue weighted by Crippen LogP contribution is 2.51. The van der Waals surface area contributed by atoms with E-state index in [0.717, 1.165) is 42.0 Å². The highest BCUT2D eigenvalue weighted by molar-refractivity contribution is 7.89. The van der Waals surface area contributed by atoms with Gasteiger partial charge in [0.2, 0.25) is 21.1 Å². The van der Waals surface area contributed by atoms with E-state index >= 15 is 0 Å². The minimum Gasteiger partial charge on any atom is -0.367 e. The van der Waals surface area contributed by atoms with Crippen LogP contribution in [0.1, 0.15) is 51.5 Å². The van der Waals surface area contributed by atoms with Crippen molar-refractivity contribution in [3.05, 3.63) is 17.1 Å². The predicted octanol–water partition coefficient (Wildman–Crippen LogP) is 3.21. The Bertz CT molecular complexity index is 1350. The molecule has 1 aromatic carbocycles. The van der Waals surface area contributed by atoms with Crippen LogP contribution in [0, 0.1) is 0 Å². The summed E-state index contributed by atoms with van der Waals surface area (Å²) in [4.78, 5) is 10.8. The van der Waals surface area contributed by atoms with E-state index in [2.05, 4.69) is 43.9 Å². The molecule has 37 heavy (non-hydrogen) atoms. The number of sulfonamides is 1. The zero-order chi connectivity index (χ0) is 26.1. The van der Waals surface area contributed by atoms with Crippen LogP contribution >= 0.6 is 11.3 Å². The molecule has 2 fully saturated rings. The van der Waals surface area contributed by atoms with Crippen molar-refractivity contribution in [2.24, 2.45) is 4.99 Å². The lowest BCUT2D eigenvalue weighted by Gasteiger charge is -2.39. The number of fused-ring (bicyclic) bond motifs is 3. The summed E-state index contributed by atoms with van der Waals surface area (Å²) >= 11 is 0.791. The zero-order valence-corrected chi connectivity index (χ0v) is 22.5. The average Bonchev–Trinajstić information content (AvgIpc) is 3.23. The molecule has 14 heteroatoms. The summed E-state index contributed by atoms with van der Waals surface area (Å²) in [5.41, 5.74) is 1.73. The Morgan fingerprint density at radius 2 is 1.86 bits per heavy atom. The van der Waals surface area contributed by atoms with Gasteiger partial charge in [-0.15, -0.1) is 10.2 Å². The maximum atomic E-state index is 13.6. The third-order valence-corrected chi connectivity index (χ3v) is 9.72. The standard InChI is InChI=1S/C23H30F2N8O2S2/c1-13-11-31(12-14(2)27-13)16-9-15(37(34,35)30-23(3)5-6-23)10-17-18(16)32-8-4-7-26-21(32)33(17)22-29-28-20(36-22)19(24)25/h9-10,13-14,19,27,30H,4-8,11-12H2,1-3H3. The van der Waals surface area contributed by atoms with Gasteiger partial charge in [-0.25, -0.2) is 21.9 Å². The molecule has 6 rings (SSSR count). The molecule has 10 nitrogen and oxygen atoms in total. The summed E-state index contributed by atoms with van der Waals surface area (Å²) in [5.74, 6) is 0.562. The number of hydrogen-bond acceptors (Lipinski definition) is 10. The van der Waals surface area contributed by atoms with E-state index in [-0.39, 0.29) is 27.1 Å². The van der Waals surface area contributed by atoms with E-state index in [4.69, 9.17) is 4.99 Å². The fourth-order valence-corrected chi connectivity index (χ4v) is 7.53. The predicted molar refractivity (Wildman–Crippen MR) is 140 cm³/mol. The Morgan fingerprint density at radius 3 is 2.51 bits per heavy atom. The number of anilines is 4. The number of aromatic nitrogens is 2. The lowest BCUT2D eigenvalue weighted by atomic mass is 10.1. The Kier molecular flexibility index (Phi) is 5.93. The first-order valence-corrected chi connectivity index (χ1v) is 14.8. The van der Waals surface area contributed by atoms with E-state index < -0.39 is 22.0 Å². The molecular formula is C23H30F2N8O2S2. The van der Waals surface area contributed by atoms with Gasteiger partial charge in [0.25, 0.3) is 6.43 Å². The molecule has 1 aliphatic carbocycles. The average molecular weight is 553 g/mol. The maximum absolute atomic E-state index is 13.6. The van der Waals surface area contributed by atoms with E-state index in [0.29, 0.717) is 37.8 Å². The number of nitrogens with one attached hydrogen (secondary N) is 2. The van der Waals surface area contributed by atoms with Gasteiger partial charge in [0.05, 0.1) is 22.0 Å². The number of aliphatic imine (C=N–C) groups is 1.